The standard InChI is InChI=1S/C18H26O6S/c1-6-18(11-12-19,16(20)24-17(3,4)5)13-23-25(21,22)15-9-7-14(2)8-10-15/h7-10,12H,6,11,13H2,1-5H3. The van der Waals surface area contributed by atoms with E-state index >= 15 is 0 Å². The lowest BCUT2D eigenvalue weighted by Gasteiger charge is -2.31. The monoisotopic (exact) mass is 370 g/mol. The lowest BCUT2D eigenvalue weighted by molar-refractivity contribution is -0.171. The predicted octanol–water partition coefficient (Wildman–Crippen LogP) is 3.03. The summed E-state index contributed by atoms with van der Waals surface area (Å²) < 4.78 is 35.2. The first-order valence-corrected chi connectivity index (χ1v) is 9.50. The van der Waals surface area contributed by atoms with Crippen LogP contribution in [0, 0.1) is 12.3 Å². The van der Waals surface area contributed by atoms with E-state index in [1.54, 1.807) is 39.8 Å². The number of benzene rings is 1. The summed E-state index contributed by atoms with van der Waals surface area (Å²) in [5, 5.41) is 0. The van der Waals surface area contributed by atoms with Crippen molar-refractivity contribution >= 4 is 22.4 Å². The van der Waals surface area contributed by atoms with Gasteiger partial charge in [0, 0.05) is 6.42 Å². The number of aldehydes is 1. The summed E-state index contributed by atoms with van der Waals surface area (Å²) in [6, 6.07) is 6.18. The van der Waals surface area contributed by atoms with E-state index in [-0.39, 0.29) is 17.7 Å². The number of carbonyl (C=O) groups is 2. The molecular weight excluding hydrogens is 344 g/mol. The molecule has 0 aliphatic rings. The minimum absolute atomic E-state index is 0.00149. The Hall–Kier alpha value is -1.73. The zero-order valence-corrected chi connectivity index (χ0v) is 16.2. The molecule has 1 aromatic carbocycles. The first kappa shape index (κ1) is 21.3. The third-order valence-corrected chi connectivity index (χ3v) is 5.06. The molecule has 0 spiro atoms. The van der Waals surface area contributed by atoms with Gasteiger partial charge in [-0.2, -0.15) is 8.42 Å². The molecular formula is C18H26O6S. The molecule has 6 nitrogen and oxygen atoms in total. The summed E-state index contributed by atoms with van der Waals surface area (Å²) in [5.41, 5.74) is -1.18. The van der Waals surface area contributed by atoms with Gasteiger partial charge in [-0.1, -0.05) is 24.6 Å². The van der Waals surface area contributed by atoms with Gasteiger partial charge in [0.25, 0.3) is 10.1 Å². The van der Waals surface area contributed by atoms with Gasteiger partial charge in [-0.25, -0.2) is 0 Å². The van der Waals surface area contributed by atoms with Crippen LogP contribution in [0.3, 0.4) is 0 Å². The second kappa shape index (κ2) is 8.10. The number of esters is 1. The number of carbonyl (C=O) groups excluding carboxylic acids is 2. The molecule has 0 bridgehead atoms. The zero-order chi connectivity index (χ0) is 19.3. The topological polar surface area (TPSA) is 86.7 Å². The van der Waals surface area contributed by atoms with Crippen LogP contribution in [0.25, 0.3) is 0 Å². The molecule has 0 heterocycles. The number of ether oxygens (including phenoxy) is 1. The Bertz CT molecular complexity index is 700. The van der Waals surface area contributed by atoms with Crippen LogP contribution in [0.1, 0.15) is 46.1 Å². The van der Waals surface area contributed by atoms with Crippen molar-refractivity contribution < 1.29 is 26.9 Å². The maximum Gasteiger partial charge on any atom is 0.315 e. The fourth-order valence-corrected chi connectivity index (χ4v) is 3.09. The normalized spacial score (nSPS) is 14.6. The van der Waals surface area contributed by atoms with E-state index in [0.717, 1.165) is 5.56 Å². The summed E-state index contributed by atoms with van der Waals surface area (Å²) in [7, 11) is -4.04. The average Bonchev–Trinajstić information content (AvgIpc) is 2.50. The Morgan fingerprint density at radius 1 is 1.16 bits per heavy atom. The van der Waals surface area contributed by atoms with Crippen molar-refractivity contribution in [3.63, 3.8) is 0 Å². The van der Waals surface area contributed by atoms with E-state index in [1.807, 2.05) is 6.92 Å². The van der Waals surface area contributed by atoms with Crippen LogP contribution in [-0.2, 0) is 28.6 Å². The third-order valence-electron chi connectivity index (χ3n) is 3.78. The molecule has 25 heavy (non-hydrogen) atoms. The highest BCUT2D eigenvalue weighted by Crippen LogP contribution is 2.31. The highest BCUT2D eigenvalue weighted by Gasteiger charge is 2.42. The molecule has 7 heteroatoms. The lowest BCUT2D eigenvalue weighted by atomic mass is 9.83. The molecule has 0 saturated heterocycles. The molecule has 0 aliphatic carbocycles. The van der Waals surface area contributed by atoms with Gasteiger partial charge in [-0.05, 0) is 46.2 Å². The lowest BCUT2D eigenvalue weighted by Crippen LogP contribution is -2.41. The largest absolute Gasteiger partial charge is 0.459 e. The molecule has 0 fully saturated rings. The van der Waals surface area contributed by atoms with Gasteiger partial charge in [0.2, 0.25) is 0 Å². The van der Waals surface area contributed by atoms with Gasteiger partial charge in [0.1, 0.15) is 11.9 Å². The van der Waals surface area contributed by atoms with Crippen LogP contribution in [0.4, 0.5) is 0 Å². The summed E-state index contributed by atoms with van der Waals surface area (Å²) in [6.45, 7) is 8.19. The maximum absolute atomic E-state index is 12.5. The van der Waals surface area contributed by atoms with Crippen molar-refractivity contribution in [2.45, 2.75) is 58.0 Å². The fourth-order valence-electron chi connectivity index (χ4n) is 2.10. The van der Waals surface area contributed by atoms with E-state index in [1.165, 1.54) is 12.1 Å². The van der Waals surface area contributed by atoms with Crippen LogP contribution in [-0.4, -0.2) is 32.9 Å². The van der Waals surface area contributed by atoms with Crippen LogP contribution >= 0.6 is 0 Å². The van der Waals surface area contributed by atoms with Gasteiger partial charge in [-0.3, -0.25) is 8.98 Å². The van der Waals surface area contributed by atoms with Crippen molar-refractivity contribution in [1.29, 1.82) is 0 Å². The van der Waals surface area contributed by atoms with E-state index in [0.29, 0.717) is 6.29 Å². The van der Waals surface area contributed by atoms with Gasteiger partial charge in [0.05, 0.1) is 16.9 Å². The smallest absolute Gasteiger partial charge is 0.315 e. The highest BCUT2D eigenvalue weighted by atomic mass is 32.2. The Kier molecular flexibility index (Phi) is 6.90. The third kappa shape index (κ3) is 5.93. The van der Waals surface area contributed by atoms with Crippen LogP contribution in [0.2, 0.25) is 0 Å². The summed E-state index contributed by atoms with van der Waals surface area (Å²) in [6.07, 6.45) is 0.612. The Labute approximate surface area is 149 Å². The molecule has 0 amide bonds. The van der Waals surface area contributed by atoms with Crippen molar-refractivity contribution in [3.8, 4) is 0 Å². The SMILES string of the molecule is CCC(CC=O)(COS(=O)(=O)c1ccc(C)cc1)C(=O)OC(C)(C)C. The van der Waals surface area contributed by atoms with E-state index < -0.39 is 33.7 Å². The number of hydrogen-bond acceptors (Lipinski definition) is 6. The number of aryl methyl sites for hydroxylation is 1. The number of rotatable bonds is 8. The second-order valence-corrected chi connectivity index (χ2v) is 8.65. The minimum Gasteiger partial charge on any atom is -0.459 e. The Morgan fingerprint density at radius 2 is 1.72 bits per heavy atom. The molecule has 0 saturated carbocycles. The molecule has 0 N–H and O–H groups in total. The number of hydrogen-bond donors (Lipinski definition) is 0. The van der Waals surface area contributed by atoms with Crippen molar-refractivity contribution in [1.82, 2.24) is 0 Å². The molecule has 0 radical (unpaired) electrons. The van der Waals surface area contributed by atoms with Gasteiger partial charge in [-0.15, -0.1) is 0 Å². The maximum atomic E-state index is 12.5. The summed E-state index contributed by atoms with van der Waals surface area (Å²) in [5.74, 6) is -0.645. The molecule has 1 aromatic rings. The van der Waals surface area contributed by atoms with Gasteiger partial charge >= 0.3 is 5.97 Å². The first-order chi connectivity index (χ1) is 11.5. The van der Waals surface area contributed by atoms with Crippen LogP contribution in [0.15, 0.2) is 29.2 Å². The zero-order valence-electron chi connectivity index (χ0n) is 15.4. The molecule has 0 aromatic heterocycles. The Balaban J connectivity index is 3.04. The summed E-state index contributed by atoms with van der Waals surface area (Å²) in [4.78, 5) is 23.6. The average molecular weight is 370 g/mol. The van der Waals surface area contributed by atoms with Crippen molar-refractivity contribution in [2.75, 3.05) is 6.61 Å². The fraction of sp³-hybridized carbons (Fsp3) is 0.556. The second-order valence-electron chi connectivity index (χ2n) is 7.04. The van der Waals surface area contributed by atoms with E-state index in [4.69, 9.17) is 8.92 Å². The van der Waals surface area contributed by atoms with E-state index in [2.05, 4.69) is 0 Å². The highest BCUT2D eigenvalue weighted by molar-refractivity contribution is 7.86. The first-order valence-electron chi connectivity index (χ1n) is 8.09. The van der Waals surface area contributed by atoms with Crippen LogP contribution < -0.4 is 0 Å². The molecule has 1 unspecified atom stereocenters. The van der Waals surface area contributed by atoms with Crippen molar-refractivity contribution in [2.24, 2.45) is 5.41 Å². The minimum atomic E-state index is -4.04. The quantitative estimate of drug-likeness (QED) is 0.397. The van der Waals surface area contributed by atoms with E-state index in [9.17, 15) is 18.0 Å². The molecule has 1 atom stereocenters. The summed E-state index contributed by atoms with van der Waals surface area (Å²) >= 11 is 0. The van der Waals surface area contributed by atoms with Crippen molar-refractivity contribution in [3.05, 3.63) is 29.8 Å². The predicted molar refractivity (Wildman–Crippen MR) is 93.6 cm³/mol. The Morgan fingerprint density at radius 3 is 2.16 bits per heavy atom. The van der Waals surface area contributed by atoms with Gasteiger partial charge < -0.3 is 9.53 Å². The molecule has 0 aliphatic heterocycles. The molecule has 1 rings (SSSR count). The van der Waals surface area contributed by atoms with Crippen LogP contribution in [0.5, 0.6) is 0 Å². The van der Waals surface area contributed by atoms with Gasteiger partial charge in [0.15, 0.2) is 0 Å². The molecule has 140 valence electrons.